The van der Waals surface area contributed by atoms with Gasteiger partial charge >= 0.3 is 0 Å². The van der Waals surface area contributed by atoms with Crippen molar-refractivity contribution in [3.05, 3.63) is 40.3 Å². The number of pyridine rings is 1. The van der Waals surface area contributed by atoms with Gasteiger partial charge in [-0.05, 0) is 19.1 Å². The molecule has 2 rings (SSSR count). The number of nitrogens with zero attached hydrogens (tertiary/aromatic N) is 3. The Balaban J connectivity index is 2.21. The maximum atomic E-state index is 6.08. The zero-order valence-electron chi connectivity index (χ0n) is 9.47. The summed E-state index contributed by atoms with van der Waals surface area (Å²) >= 11 is 13.3. The Morgan fingerprint density at radius 1 is 1.33 bits per heavy atom. The molecule has 0 aromatic carbocycles. The van der Waals surface area contributed by atoms with Gasteiger partial charge in [-0.2, -0.15) is 0 Å². The molecular weight excluding hydrogens is 291 g/mol. The third kappa shape index (κ3) is 3.25. The normalized spacial score (nSPS) is 12.4. The van der Waals surface area contributed by atoms with E-state index in [4.69, 9.17) is 28.9 Å². The van der Waals surface area contributed by atoms with Crippen molar-refractivity contribution in [2.75, 3.05) is 5.73 Å². The lowest BCUT2D eigenvalue weighted by molar-refractivity contribution is 0.945. The second-order valence-corrected chi connectivity index (χ2v) is 5.63. The van der Waals surface area contributed by atoms with Gasteiger partial charge in [0.2, 0.25) is 0 Å². The van der Waals surface area contributed by atoms with Gasteiger partial charge in [-0.3, -0.25) is 4.98 Å². The van der Waals surface area contributed by atoms with Crippen LogP contribution >= 0.6 is 35.0 Å². The van der Waals surface area contributed by atoms with Gasteiger partial charge in [0.05, 0.1) is 16.0 Å². The summed E-state index contributed by atoms with van der Waals surface area (Å²) in [5.41, 5.74) is 6.40. The van der Waals surface area contributed by atoms with E-state index < -0.39 is 0 Å². The molecule has 94 valence electrons. The van der Waals surface area contributed by atoms with Crippen LogP contribution in [0.25, 0.3) is 0 Å². The third-order valence-corrected chi connectivity index (χ3v) is 3.63. The molecule has 2 N–H and O–H groups in total. The largest absolute Gasteiger partial charge is 0.384 e. The van der Waals surface area contributed by atoms with E-state index in [1.807, 2.05) is 6.92 Å². The fraction of sp³-hybridized carbons (Fsp3) is 0.182. The minimum absolute atomic E-state index is 0.0107. The van der Waals surface area contributed by atoms with E-state index in [0.717, 1.165) is 5.69 Å². The first kappa shape index (κ1) is 13.4. The molecule has 0 fully saturated rings. The number of anilines is 1. The standard InChI is InChI=1S/C11H10Cl2N4S/c1-6(10-7(12)3-2-4-15-10)18-11-16-8(13)5-9(14)17-11/h2-6H,1H3,(H2,14,16,17). The Bertz CT molecular complexity index is 544. The highest BCUT2D eigenvalue weighted by molar-refractivity contribution is 7.99. The zero-order valence-corrected chi connectivity index (χ0v) is 11.8. The van der Waals surface area contributed by atoms with Crippen LogP contribution < -0.4 is 5.73 Å². The van der Waals surface area contributed by atoms with Crippen LogP contribution in [-0.2, 0) is 0 Å². The average molecular weight is 301 g/mol. The fourth-order valence-corrected chi connectivity index (χ4v) is 2.89. The molecular formula is C11H10Cl2N4S. The first-order valence-electron chi connectivity index (χ1n) is 5.13. The zero-order chi connectivity index (χ0) is 13.1. The summed E-state index contributed by atoms with van der Waals surface area (Å²) < 4.78 is 0. The van der Waals surface area contributed by atoms with Crippen LogP contribution in [0.1, 0.15) is 17.9 Å². The Hall–Kier alpha value is -1.04. The van der Waals surface area contributed by atoms with Crippen LogP contribution in [0.2, 0.25) is 10.2 Å². The van der Waals surface area contributed by atoms with Crippen molar-refractivity contribution >= 4 is 40.8 Å². The lowest BCUT2D eigenvalue weighted by Gasteiger charge is -2.11. The highest BCUT2D eigenvalue weighted by Gasteiger charge is 2.14. The van der Waals surface area contributed by atoms with Crippen molar-refractivity contribution < 1.29 is 0 Å². The molecule has 0 spiro atoms. The number of hydrogen-bond acceptors (Lipinski definition) is 5. The molecule has 0 aliphatic carbocycles. The Morgan fingerprint density at radius 3 is 2.78 bits per heavy atom. The number of nitrogen functional groups attached to an aromatic ring is 1. The van der Waals surface area contributed by atoms with Gasteiger partial charge in [0.15, 0.2) is 5.16 Å². The molecule has 0 aliphatic heterocycles. The van der Waals surface area contributed by atoms with Crippen molar-refractivity contribution in [3.8, 4) is 0 Å². The predicted molar refractivity (Wildman–Crippen MR) is 75.0 cm³/mol. The summed E-state index contributed by atoms with van der Waals surface area (Å²) in [7, 11) is 0. The lowest BCUT2D eigenvalue weighted by atomic mass is 10.3. The SMILES string of the molecule is CC(Sc1nc(N)cc(Cl)n1)c1ncccc1Cl. The maximum absolute atomic E-state index is 6.08. The van der Waals surface area contributed by atoms with Crippen LogP contribution in [0.15, 0.2) is 29.6 Å². The molecule has 0 amide bonds. The van der Waals surface area contributed by atoms with Crippen molar-refractivity contribution in [1.82, 2.24) is 15.0 Å². The first-order valence-corrected chi connectivity index (χ1v) is 6.77. The van der Waals surface area contributed by atoms with Gasteiger partial charge < -0.3 is 5.73 Å². The van der Waals surface area contributed by atoms with Crippen molar-refractivity contribution in [2.45, 2.75) is 17.3 Å². The van der Waals surface area contributed by atoms with E-state index in [0.29, 0.717) is 21.2 Å². The smallest absolute Gasteiger partial charge is 0.191 e. The highest BCUT2D eigenvalue weighted by atomic mass is 35.5. The molecule has 7 heteroatoms. The van der Waals surface area contributed by atoms with Gasteiger partial charge in [-0.25, -0.2) is 9.97 Å². The topological polar surface area (TPSA) is 64.7 Å². The number of thioether (sulfide) groups is 1. The van der Waals surface area contributed by atoms with Gasteiger partial charge in [-0.1, -0.05) is 35.0 Å². The van der Waals surface area contributed by atoms with Crippen LogP contribution in [0.3, 0.4) is 0 Å². The molecule has 1 atom stereocenters. The van der Waals surface area contributed by atoms with E-state index in [9.17, 15) is 0 Å². The van der Waals surface area contributed by atoms with Crippen molar-refractivity contribution in [2.24, 2.45) is 0 Å². The molecule has 0 radical (unpaired) electrons. The van der Waals surface area contributed by atoms with Crippen molar-refractivity contribution in [3.63, 3.8) is 0 Å². The number of aromatic nitrogens is 3. The second-order valence-electron chi connectivity index (χ2n) is 3.53. The average Bonchev–Trinajstić information content (AvgIpc) is 2.27. The van der Waals surface area contributed by atoms with Crippen LogP contribution in [-0.4, -0.2) is 15.0 Å². The molecule has 1 unspecified atom stereocenters. The fourth-order valence-electron chi connectivity index (χ4n) is 1.38. The summed E-state index contributed by atoms with van der Waals surface area (Å²) in [6, 6.07) is 5.09. The van der Waals surface area contributed by atoms with Crippen LogP contribution in [0.4, 0.5) is 5.82 Å². The summed E-state index contributed by atoms with van der Waals surface area (Å²) in [5, 5.41) is 1.46. The monoisotopic (exact) mass is 300 g/mol. The molecule has 0 bridgehead atoms. The molecule has 0 aliphatic rings. The molecule has 0 saturated carbocycles. The van der Waals surface area contributed by atoms with Crippen LogP contribution in [0.5, 0.6) is 0 Å². The van der Waals surface area contributed by atoms with Crippen molar-refractivity contribution in [1.29, 1.82) is 0 Å². The number of hydrogen-bond donors (Lipinski definition) is 1. The highest BCUT2D eigenvalue weighted by Crippen LogP contribution is 2.35. The quantitative estimate of drug-likeness (QED) is 0.533. The minimum Gasteiger partial charge on any atom is -0.384 e. The van der Waals surface area contributed by atoms with Gasteiger partial charge in [0, 0.05) is 12.3 Å². The predicted octanol–water partition coefficient (Wildman–Crippen LogP) is 3.61. The van der Waals surface area contributed by atoms with E-state index in [2.05, 4.69) is 15.0 Å². The molecule has 2 aromatic rings. The summed E-state index contributed by atoms with van der Waals surface area (Å²) in [4.78, 5) is 12.4. The Morgan fingerprint density at radius 2 is 2.11 bits per heavy atom. The van der Waals surface area contributed by atoms with Gasteiger partial charge in [0.1, 0.15) is 11.0 Å². The van der Waals surface area contributed by atoms with E-state index in [1.165, 1.54) is 17.8 Å². The number of nitrogens with two attached hydrogens (primary N) is 1. The summed E-state index contributed by atoms with van der Waals surface area (Å²) in [6.45, 7) is 1.97. The van der Waals surface area contributed by atoms with E-state index in [-0.39, 0.29) is 5.25 Å². The van der Waals surface area contributed by atoms with E-state index in [1.54, 1.807) is 18.3 Å². The third-order valence-electron chi connectivity index (χ3n) is 2.15. The van der Waals surface area contributed by atoms with E-state index >= 15 is 0 Å². The second kappa shape index (κ2) is 5.73. The summed E-state index contributed by atoms with van der Waals surface area (Å²) in [6.07, 6.45) is 1.70. The Kier molecular flexibility index (Phi) is 4.27. The van der Waals surface area contributed by atoms with Crippen LogP contribution in [0, 0.1) is 0 Å². The summed E-state index contributed by atoms with van der Waals surface area (Å²) in [5.74, 6) is 0.344. The van der Waals surface area contributed by atoms with Gasteiger partial charge in [0.25, 0.3) is 0 Å². The maximum Gasteiger partial charge on any atom is 0.191 e. The van der Waals surface area contributed by atoms with Gasteiger partial charge in [-0.15, -0.1) is 0 Å². The minimum atomic E-state index is 0.0107. The molecule has 2 aromatic heterocycles. The number of halogens is 2. The molecule has 2 heterocycles. The molecule has 18 heavy (non-hydrogen) atoms. The molecule has 0 saturated heterocycles. The number of rotatable bonds is 3. The molecule has 4 nitrogen and oxygen atoms in total. The first-order chi connectivity index (χ1) is 8.56. The lowest BCUT2D eigenvalue weighted by Crippen LogP contribution is -1.98. The Labute approximate surface area is 119 Å².